The minimum Gasteiger partial charge on any atom is -0.351 e. The van der Waals surface area contributed by atoms with E-state index < -0.39 is 0 Å². The molecule has 0 spiro atoms. The van der Waals surface area contributed by atoms with Gasteiger partial charge in [-0.15, -0.1) is 0 Å². The van der Waals surface area contributed by atoms with Crippen molar-refractivity contribution >= 4 is 33.4 Å². The lowest BCUT2D eigenvalue weighted by atomic mass is 9.94. The van der Waals surface area contributed by atoms with Crippen LogP contribution >= 0.6 is 0 Å². The third-order valence-electron chi connectivity index (χ3n) is 7.53. The van der Waals surface area contributed by atoms with Crippen molar-refractivity contribution in [3.8, 4) is 0 Å². The molecular weight excluding hydrogens is 458 g/mol. The Balaban J connectivity index is 1.19. The van der Waals surface area contributed by atoms with Crippen molar-refractivity contribution in [2.24, 2.45) is 0 Å². The first kappa shape index (κ1) is 25.0. The molecule has 1 aliphatic carbocycles. The van der Waals surface area contributed by atoms with E-state index in [1.165, 1.54) is 32.1 Å². The third-order valence-corrected chi connectivity index (χ3v) is 7.53. The van der Waals surface area contributed by atoms with Crippen LogP contribution in [0.15, 0.2) is 84.9 Å². The summed E-state index contributed by atoms with van der Waals surface area (Å²) in [6.07, 6.45) is 6.13. The van der Waals surface area contributed by atoms with Crippen molar-refractivity contribution in [1.82, 2.24) is 15.5 Å². The van der Waals surface area contributed by atoms with Crippen LogP contribution in [-0.2, 0) is 0 Å². The summed E-state index contributed by atoms with van der Waals surface area (Å²) in [6, 6.07) is 28.2. The Hall–Kier alpha value is -3.70. The summed E-state index contributed by atoms with van der Waals surface area (Å²) in [6.45, 7) is 2.70. The highest BCUT2D eigenvalue weighted by Crippen LogP contribution is 2.23. The van der Waals surface area contributed by atoms with Crippen LogP contribution in [-0.4, -0.2) is 48.9 Å². The lowest BCUT2D eigenvalue weighted by Crippen LogP contribution is -2.45. The average molecular weight is 494 g/mol. The highest BCUT2D eigenvalue weighted by molar-refractivity contribution is 6.07. The van der Waals surface area contributed by atoms with Gasteiger partial charge in [-0.3, -0.25) is 14.5 Å². The van der Waals surface area contributed by atoms with Crippen molar-refractivity contribution in [3.63, 3.8) is 0 Å². The quantitative estimate of drug-likeness (QED) is 0.310. The molecule has 0 aliphatic heterocycles. The molecule has 190 valence electrons. The van der Waals surface area contributed by atoms with Gasteiger partial charge in [-0.1, -0.05) is 92.1 Å². The first-order valence-electron chi connectivity index (χ1n) is 13.5. The van der Waals surface area contributed by atoms with Crippen LogP contribution in [0.3, 0.4) is 0 Å². The van der Waals surface area contributed by atoms with Crippen LogP contribution in [0.4, 0.5) is 0 Å². The van der Waals surface area contributed by atoms with Crippen LogP contribution < -0.4 is 10.6 Å². The molecule has 1 fully saturated rings. The summed E-state index contributed by atoms with van der Waals surface area (Å²) in [7, 11) is 0. The predicted octanol–water partition coefficient (Wildman–Crippen LogP) is 5.79. The number of fused-ring (bicyclic) bond motifs is 2. The van der Waals surface area contributed by atoms with Gasteiger partial charge in [0.2, 0.25) is 0 Å². The molecule has 0 heterocycles. The number of nitrogens with one attached hydrogen (secondary N) is 2. The number of carbonyl (C=O) groups is 2. The lowest BCUT2D eigenvalue weighted by Gasteiger charge is -2.34. The molecule has 0 unspecified atom stereocenters. The van der Waals surface area contributed by atoms with E-state index in [0.29, 0.717) is 30.3 Å². The SMILES string of the molecule is O=C(NCCN(CCNC(=O)c1cccc2ccccc12)C1CCCCC1)c1cccc2ccccc12. The maximum atomic E-state index is 13.0. The van der Waals surface area contributed by atoms with Gasteiger partial charge in [0.25, 0.3) is 11.8 Å². The first-order chi connectivity index (χ1) is 18.2. The van der Waals surface area contributed by atoms with E-state index in [-0.39, 0.29) is 11.8 Å². The molecule has 2 amide bonds. The number of amides is 2. The van der Waals surface area contributed by atoms with Gasteiger partial charge in [0.05, 0.1) is 0 Å². The number of carbonyl (C=O) groups excluding carboxylic acids is 2. The van der Waals surface area contributed by atoms with Gasteiger partial charge in [0.15, 0.2) is 0 Å². The number of nitrogens with zero attached hydrogens (tertiary/aromatic N) is 1. The zero-order valence-corrected chi connectivity index (χ0v) is 21.3. The van der Waals surface area contributed by atoms with Crippen LogP contribution in [0.5, 0.6) is 0 Å². The van der Waals surface area contributed by atoms with Gasteiger partial charge in [0.1, 0.15) is 0 Å². The number of hydrogen-bond acceptors (Lipinski definition) is 3. The largest absolute Gasteiger partial charge is 0.351 e. The zero-order valence-electron chi connectivity index (χ0n) is 21.3. The Morgan fingerprint density at radius 1 is 0.622 bits per heavy atom. The first-order valence-corrected chi connectivity index (χ1v) is 13.5. The Bertz CT molecular complexity index is 1270. The molecular formula is C32H35N3O2. The van der Waals surface area contributed by atoms with Crippen LogP contribution in [0.2, 0.25) is 0 Å². The Labute approximate surface area is 218 Å². The fourth-order valence-electron chi connectivity index (χ4n) is 5.59. The van der Waals surface area contributed by atoms with Crippen LogP contribution in [0, 0.1) is 0 Å². The summed E-state index contributed by atoms with van der Waals surface area (Å²) in [5, 5.41) is 10.4. The van der Waals surface area contributed by atoms with Gasteiger partial charge in [-0.05, 0) is 46.5 Å². The molecule has 0 radical (unpaired) electrons. The van der Waals surface area contributed by atoms with Crippen molar-refractivity contribution in [2.75, 3.05) is 26.2 Å². The van der Waals surface area contributed by atoms with Crippen molar-refractivity contribution in [1.29, 1.82) is 0 Å². The monoisotopic (exact) mass is 493 g/mol. The number of rotatable bonds is 9. The summed E-state index contributed by atoms with van der Waals surface area (Å²) in [4.78, 5) is 28.4. The van der Waals surface area contributed by atoms with E-state index in [1.54, 1.807) is 0 Å². The minimum atomic E-state index is -0.0374. The smallest absolute Gasteiger partial charge is 0.251 e. The van der Waals surface area contributed by atoms with Gasteiger partial charge >= 0.3 is 0 Å². The number of benzene rings is 4. The fourth-order valence-corrected chi connectivity index (χ4v) is 5.59. The summed E-state index contributed by atoms with van der Waals surface area (Å²) in [5.74, 6) is -0.0747. The molecule has 0 aromatic heterocycles. The topological polar surface area (TPSA) is 61.4 Å². The van der Waals surface area contributed by atoms with Crippen LogP contribution in [0.1, 0.15) is 52.8 Å². The lowest BCUT2D eigenvalue weighted by molar-refractivity contribution is 0.0931. The highest BCUT2D eigenvalue weighted by atomic mass is 16.2. The van der Waals surface area contributed by atoms with E-state index in [0.717, 1.165) is 34.6 Å². The zero-order chi connectivity index (χ0) is 25.5. The fraction of sp³-hybridized carbons (Fsp3) is 0.312. The van der Waals surface area contributed by atoms with E-state index in [4.69, 9.17) is 0 Å². The second-order valence-corrected chi connectivity index (χ2v) is 9.89. The third kappa shape index (κ3) is 6.00. The molecule has 5 rings (SSSR count). The van der Waals surface area contributed by atoms with Gasteiger partial charge in [-0.2, -0.15) is 0 Å². The molecule has 37 heavy (non-hydrogen) atoms. The Kier molecular flexibility index (Phi) is 8.11. The minimum absolute atomic E-state index is 0.0374. The van der Waals surface area contributed by atoms with Crippen LogP contribution in [0.25, 0.3) is 21.5 Å². The summed E-state index contributed by atoms with van der Waals surface area (Å²) >= 11 is 0. The Morgan fingerprint density at radius 3 is 1.59 bits per heavy atom. The van der Waals surface area contributed by atoms with E-state index in [2.05, 4.69) is 15.5 Å². The van der Waals surface area contributed by atoms with Crippen molar-refractivity contribution in [2.45, 2.75) is 38.1 Å². The molecule has 2 N–H and O–H groups in total. The highest BCUT2D eigenvalue weighted by Gasteiger charge is 2.21. The van der Waals surface area contributed by atoms with Gasteiger partial charge in [-0.25, -0.2) is 0 Å². The maximum Gasteiger partial charge on any atom is 0.251 e. The number of hydrogen-bond donors (Lipinski definition) is 2. The van der Waals surface area contributed by atoms with Gasteiger partial charge < -0.3 is 10.6 Å². The van der Waals surface area contributed by atoms with E-state index in [1.807, 2.05) is 84.9 Å². The molecule has 5 heteroatoms. The van der Waals surface area contributed by atoms with Crippen molar-refractivity contribution in [3.05, 3.63) is 96.1 Å². The molecule has 4 aromatic rings. The Morgan fingerprint density at radius 2 is 1.08 bits per heavy atom. The van der Waals surface area contributed by atoms with Crippen molar-refractivity contribution < 1.29 is 9.59 Å². The molecule has 0 bridgehead atoms. The molecule has 0 atom stereocenters. The standard InChI is InChI=1S/C32H35N3O2/c36-31(29-18-8-12-24-10-4-6-16-27(24)29)33-20-22-35(26-14-2-1-3-15-26)23-21-34-32(37)30-19-9-13-25-11-5-7-17-28(25)30/h4-13,16-19,26H,1-3,14-15,20-23H2,(H,33,36)(H,34,37). The summed E-state index contributed by atoms with van der Waals surface area (Å²) in [5.41, 5.74) is 1.43. The van der Waals surface area contributed by atoms with Gasteiger partial charge in [0, 0.05) is 43.3 Å². The molecule has 4 aromatic carbocycles. The predicted molar refractivity (Wildman–Crippen MR) is 151 cm³/mol. The van der Waals surface area contributed by atoms with E-state index >= 15 is 0 Å². The molecule has 0 saturated heterocycles. The normalized spacial score (nSPS) is 14.2. The maximum absolute atomic E-state index is 13.0. The molecule has 1 saturated carbocycles. The molecule has 1 aliphatic rings. The molecule has 5 nitrogen and oxygen atoms in total. The summed E-state index contributed by atoms with van der Waals surface area (Å²) < 4.78 is 0. The second-order valence-electron chi connectivity index (χ2n) is 9.89. The average Bonchev–Trinajstić information content (AvgIpc) is 2.96. The van der Waals surface area contributed by atoms with E-state index in [9.17, 15) is 9.59 Å². The second kappa shape index (κ2) is 12.0.